The lowest BCUT2D eigenvalue weighted by atomic mass is 10.1. The van der Waals surface area contributed by atoms with Crippen LogP contribution < -0.4 is 4.72 Å². The van der Waals surface area contributed by atoms with Gasteiger partial charge in [0.25, 0.3) is 16.0 Å². The fourth-order valence-corrected chi connectivity index (χ4v) is 2.60. The average Bonchev–Trinajstić information content (AvgIpc) is 2.47. The van der Waals surface area contributed by atoms with Crippen LogP contribution in [0.5, 0.6) is 0 Å². The molecule has 1 heterocycles. The van der Waals surface area contributed by atoms with Crippen molar-refractivity contribution in [3.63, 3.8) is 0 Å². The Balaban J connectivity index is 2.30. The molecule has 0 saturated carbocycles. The lowest BCUT2D eigenvalue weighted by molar-refractivity contribution is 0.173. The van der Waals surface area contributed by atoms with Gasteiger partial charge < -0.3 is 5.11 Å². The van der Waals surface area contributed by atoms with Crippen LogP contribution in [-0.4, -0.2) is 28.7 Å². The summed E-state index contributed by atoms with van der Waals surface area (Å²) in [7, 11) is -3.80. The molecule has 2 aromatic rings. The third kappa shape index (κ3) is 3.28. The molecule has 8 heteroatoms. The van der Waals surface area contributed by atoms with Gasteiger partial charge >= 0.3 is 0 Å². The van der Waals surface area contributed by atoms with Crippen LogP contribution in [0.4, 0.5) is 5.95 Å². The summed E-state index contributed by atoms with van der Waals surface area (Å²) in [6, 6.07) is 6.11. The van der Waals surface area contributed by atoms with E-state index in [2.05, 4.69) is 19.9 Å². The first-order chi connectivity index (χ1) is 9.53. The molecule has 1 aromatic carbocycles. The number of hydrogen-bond acceptors (Lipinski definition) is 6. The Labute approximate surface area is 116 Å². The number of nitrogens with zero attached hydrogens (tertiary/aromatic N) is 3. The van der Waals surface area contributed by atoms with Gasteiger partial charge in [0.05, 0.1) is 23.4 Å². The second-order valence-electron chi connectivity index (χ2n) is 4.07. The van der Waals surface area contributed by atoms with E-state index >= 15 is 0 Å². The molecule has 0 bridgehead atoms. The molecule has 0 fully saturated rings. The fourth-order valence-electron chi connectivity index (χ4n) is 1.60. The quantitative estimate of drug-likeness (QED) is 0.856. The number of aliphatic hydroxyl groups is 1. The third-order valence-electron chi connectivity index (χ3n) is 2.65. The molecule has 0 spiro atoms. The number of hydrogen-bond donors (Lipinski definition) is 2. The van der Waals surface area contributed by atoms with Gasteiger partial charge in [-0.25, -0.2) is 18.1 Å². The maximum atomic E-state index is 12.2. The van der Waals surface area contributed by atoms with Crippen molar-refractivity contribution >= 4 is 16.0 Å². The Morgan fingerprint density at radius 1 is 1.35 bits per heavy atom. The smallest absolute Gasteiger partial charge is 0.264 e. The maximum Gasteiger partial charge on any atom is 0.264 e. The van der Waals surface area contributed by atoms with E-state index in [0.29, 0.717) is 12.0 Å². The van der Waals surface area contributed by atoms with E-state index in [1.165, 1.54) is 24.5 Å². The van der Waals surface area contributed by atoms with Crippen LogP contribution in [0.25, 0.3) is 0 Å². The molecule has 0 aliphatic carbocycles. The van der Waals surface area contributed by atoms with E-state index in [9.17, 15) is 13.5 Å². The molecular formula is C12H14N4O3S. The number of anilines is 1. The van der Waals surface area contributed by atoms with E-state index in [0.717, 1.165) is 0 Å². The summed E-state index contributed by atoms with van der Waals surface area (Å²) in [6.07, 6.45) is 2.49. The summed E-state index contributed by atoms with van der Waals surface area (Å²) >= 11 is 0. The Morgan fingerprint density at radius 2 is 2.15 bits per heavy atom. The molecule has 0 amide bonds. The zero-order valence-electron chi connectivity index (χ0n) is 10.8. The Bertz CT molecular complexity index is 676. The van der Waals surface area contributed by atoms with E-state index in [1.807, 2.05) is 6.92 Å². The lowest BCUT2D eigenvalue weighted by Crippen LogP contribution is -2.15. The minimum Gasteiger partial charge on any atom is -0.388 e. The van der Waals surface area contributed by atoms with E-state index in [-0.39, 0.29) is 10.8 Å². The van der Waals surface area contributed by atoms with E-state index in [1.54, 1.807) is 12.1 Å². The molecule has 0 radical (unpaired) electrons. The first kappa shape index (κ1) is 14.4. The molecule has 1 aromatic heterocycles. The topological polar surface area (TPSA) is 105 Å². The minimum absolute atomic E-state index is 0.0370. The lowest BCUT2D eigenvalue weighted by Gasteiger charge is -2.10. The zero-order valence-corrected chi connectivity index (χ0v) is 11.6. The average molecular weight is 294 g/mol. The number of sulfonamides is 1. The first-order valence-corrected chi connectivity index (χ1v) is 7.46. The van der Waals surface area contributed by atoms with Gasteiger partial charge in [0.2, 0.25) is 0 Å². The van der Waals surface area contributed by atoms with Crippen LogP contribution in [0, 0.1) is 0 Å². The van der Waals surface area contributed by atoms with Crippen LogP contribution in [0.15, 0.2) is 41.6 Å². The predicted molar refractivity (Wildman–Crippen MR) is 72.3 cm³/mol. The molecule has 1 atom stereocenters. The largest absolute Gasteiger partial charge is 0.388 e. The molecule has 20 heavy (non-hydrogen) atoms. The number of aromatic nitrogens is 3. The maximum absolute atomic E-state index is 12.2. The van der Waals surface area contributed by atoms with Crippen molar-refractivity contribution in [1.82, 2.24) is 15.2 Å². The fraction of sp³-hybridized carbons (Fsp3) is 0.250. The number of nitrogens with one attached hydrogen (secondary N) is 1. The summed E-state index contributed by atoms with van der Waals surface area (Å²) in [5, 5.41) is 16.9. The molecule has 106 valence electrons. The molecule has 2 rings (SSSR count). The van der Waals surface area contributed by atoms with Crippen molar-refractivity contribution in [3.8, 4) is 0 Å². The SMILES string of the molecule is CCC(O)c1cccc(S(=O)(=O)Nc2nccnn2)c1. The second kappa shape index (κ2) is 5.93. The van der Waals surface area contributed by atoms with Crippen LogP contribution in [0.2, 0.25) is 0 Å². The van der Waals surface area contributed by atoms with Crippen LogP contribution >= 0.6 is 0 Å². The standard InChI is InChI=1S/C12H14N4O3S/c1-2-11(17)9-4-3-5-10(8-9)20(18,19)16-12-13-6-7-14-15-12/h3-8,11,17H,2H2,1H3,(H,13,15,16). The van der Waals surface area contributed by atoms with Gasteiger partial charge in [0, 0.05) is 0 Å². The van der Waals surface area contributed by atoms with Gasteiger partial charge in [-0.05, 0) is 24.1 Å². The van der Waals surface area contributed by atoms with Crippen LogP contribution in [0.1, 0.15) is 25.0 Å². The number of aliphatic hydroxyl groups excluding tert-OH is 1. The number of benzene rings is 1. The highest BCUT2D eigenvalue weighted by atomic mass is 32.2. The summed E-state index contributed by atoms with van der Waals surface area (Å²) in [5.41, 5.74) is 0.544. The second-order valence-corrected chi connectivity index (χ2v) is 5.75. The van der Waals surface area contributed by atoms with Crippen molar-refractivity contribution in [3.05, 3.63) is 42.2 Å². The Kier molecular flexibility index (Phi) is 4.26. The van der Waals surface area contributed by atoms with Gasteiger partial charge in [-0.3, -0.25) is 0 Å². The molecule has 1 unspecified atom stereocenters. The molecule has 2 N–H and O–H groups in total. The van der Waals surface area contributed by atoms with Crippen molar-refractivity contribution in [2.24, 2.45) is 0 Å². The Morgan fingerprint density at radius 3 is 2.80 bits per heavy atom. The molecule has 0 saturated heterocycles. The van der Waals surface area contributed by atoms with Crippen molar-refractivity contribution in [2.75, 3.05) is 4.72 Å². The van der Waals surface area contributed by atoms with E-state index in [4.69, 9.17) is 0 Å². The van der Waals surface area contributed by atoms with Gasteiger partial charge in [0.1, 0.15) is 0 Å². The zero-order chi connectivity index (χ0) is 14.6. The third-order valence-corrected chi connectivity index (χ3v) is 3.97. The van der Waals surface area contributed by atoms with Gasteiger partial charge in [-0.1, -0.05) is 19.1 Å². The summed E-state index contributed by atoms with van der Waals surface area (Å²) in [5.74, 6) is -0.103. The van der Waals surface area contributed by atoms with Crippen LogP contribution in [0.3, 0.4) is 0 Å². The predicted octanol–water partition coefficient (Wildman–Crippen LogP) is 1.12. The summed E-state index contributed by atoms with van der Waals surface area (Å²) in [6.45, 7) is 1.81. The van der Waals surface area contributed by atoms with Crippen molar-refractivity contribution < 1.29 is 13.5 Å². The minimum atomic E-state index is -3.80. The molecule has 0 aliphatic rings. The Hall–Kier alpha value is -2.06. The van der Waals surface area contributed by atoms with Crippen molar-refractivity contribution in [2.45, 2.75) is 24.3 Å². The highest BCUT2D eigenvalue weighted by molar-refractivity contribution is 7.92. The molecule has 0 aliphatic heterocycles. The van der Waals surface area contributed by atoms with E-state index < -0.39 is 16.1 Å². The molecule has 7 nitrogen and oxygen atoms in total. The highest BCUT2D eigenvalue weighted by Crippen LogP contribution is 2.20. The summed E-state index contributed by atoms with van der Waals surface area (Å²) < 4.78 is 26.6. The van der Waals surface area contributed by atoms with Gasteiger partial charge in [-0.15, -0.1) is 5.10 Å². The monoisotopic (exact) mass is 294 g/mol. The summed E-state index contributed by atoms with van der Waals surface area (Å²) in [4.78, 5) is 3.79. The number of rotatable bonds is 5. The normalized spacial score (nSPS) is 12.9. The van der Waals surface area contributed by atoms with Gasteiger partial charge in [0.15, 0.2) is 0 Å². The van der Waals surface area contributed by atoms with Crippen molar-refractivity contribution in [1.29, 1.82) is 0 Å². The molecular weight excluding hydrogens is 280 g/mol. The first-order valence-electron chi connectivity index (χ1n) is 5.97. The van der Waals surface area contributed by atoms with Crippen LogP contribution in [-0.2, 0) is 10.0 Å². The van der Waals surface area contributed by atoms with Gasteiger partial charge in [-0.2, -0.15) is 5.10 Å². The highest BCUT2D eigenvalue weighted by Gasteiger charge is 2.17.